The summed E-state index contributed by atoms with van der Waals surface area (Å²) < 4.78 is 0. The molecule has 0 aromatic carbocycles. The van der Waals surface area contributed by atoms with E-state index in [2.05, 4.69) is 38.2 Å². The molecule has 0 amide bonds. The molecule has 0 rings (SSSR count). The fourth-order valence-electron chi connectivity index (χ4n) is 4.69. The Balaban J connectivity index is -0.000000328. The first-order chi connectivity index (χ1) is 19.5. The molecule has 42 heavy (non-hydrogen) atoms. The summed E-state index contributed by atoms with van der Waals surface area (Å²) in [5.74, 6) is -1.33. The van der Waals surface area contributed by atoms with Crippen LogP contribution >= 0.6 is 0 Å². The van der Waals surface area contributed by atoms with E-state index in [0.717, 1.165) is 25.7 Å². The summed E-state index contributed by atoms with van der Waals surface area (Å²) in [6.07, 6.45) is 42.5. The van der Waals surface area contributed by atoms with Gasteiger partial charge in [0.2, 0.25) is 0 Å². The van der Waals surface area contributed by atoms with Crippen LogP contribution in [-0.4, -0.2) is 22.2 Å². The maximum absolute atomic E-state index is 10.3. The quantitative estimate of drug-likeness (QED) is 0.0449. The van der Waals surface area contributed by atoms with Crippen molar-refractivity contribution >= 4 is 11.9 Å². The van der Waals surface area contributed by atoms with Crippen LogP contribution in [0.5, 0.6) is 0 Å². The van der Waals surface area contributed by atoms with Gasteiger partial charge in [-0.05, 0) is 64.2 Å². The molecule has 0 saturated heterocycles. The summed E-state index contributed by atoms with van der Waals surface area (Å²) >= 11 is 0. The fourth-order valence-corrected chi connectivity index (χ4v) is 4.69. The molecule has 0 fully saturated rings. The minimum atomic E-state index is -0.664. The van der Waals surface area contributed by atoms with Gasteiger partial charge in [0.1, 0.15) is 0 Å². The van der Waals surface area contributed by atoms with E-state index in [4.69, 9.17) is 10.2 Å². The Hall–Kier alpha value is -0.541. The normalized spacial score (nSPS) is 10.7. The molecule has 0 bridgehead atoms. The van der Waals surface area contributed by atoms with Gasteiger partial charge in [0.25, 0.3) is 0 Å². The van der Waals surface area contributed by atoms with Crippen molar-refractivity contribution in [1.29, 1.82) is 0 Å². The molecule has 0 saturated carbocycles. The minimum absolute atomic E-state index is 0. The zero-order chi connectivity index (χ0) is 29.8. The zero-order valence-corrected chi connectivity index (χ0v) is 29.5. The van der Waals surface area contributed by atoms with Crippen LogP contribution in [0.2, 0.25) is 0 Å². The minimum Gasteiger partial charge on any atom is -0.481 e. The average Bonchev–Trinajstić information content (AvgIpc) is 2.93. The van der Waals surface area contributed by atoms with E-state index in [1.54, 1.807) is 0 Å². The number of allylic oxidation sites excluding steroid dienone is 4. The predicted octanol–water partition coefficient (Wildman–Crippen LogP) is 12.2. The van der Waals surface area contributed by atoms with E-state index in [0.29, 0.717) is 12.8 Å². The van der Waals surface area contributed by atoms with Crippen LogP contribution in [-0.2, 0) is 43.7 Å². The van der Waals surface area contributed by atoms with Crippen molar-refractivity contribution in [2.75, 3.05) is 0 Å². The van der Waals surface area contributed by atoms with Gasteiger partial charge in [0.05, 0.1) is 0 Å². The molecule has 0 aliphatic carbocycles. The molecule has 0 atom stereocenters. The first-order valence-electron chi connectivity index (χ1n) is 17.3. The van der Waals surface area contributed by atoms with Gasteiger partial charge in [-0.3, -0.25) is 9.59 Å². The number of rotatable bonds is 30. The van der Waals surface area contributed by atoms with E-state index in [-0.39, 0.29) is 34.1 Å². The van der Waals surface area contributed by atoms with Gasteiger partial charge in [-0.2, -0.15) is 0 Å². The van der Waals surface area contributed by atoms with Crippen molar-refractivity contribution in [2.45, 2.75) is 194 Å². The number of carboxylic acids is 2. The predicted molar refractivity (Wildman–Crippen MR) is 174 cm³/mol. The molecule has 0 spiro atoms. The zero-order valence-electron chi connectivity index (χ0n) is 27.5. The van der Waals surface area contributed by atoms with Gasteiger partial charge in [-0.1, -0.05) is 141 Å². The van der Waals surface area contributed by atoms with Crippen molar-refractivity contribution in [3.63, 3.8) is 0 Å². The number of aliphatic carboxylic acids is 2. The fraction of sp³-hybridized carbons (Fsp3) is 0.833. The molecular formula is C36H68CuFeO4. The standard InChI is InChI=1S/2C18H34O2.Cu.Fe/c2*1-2-3-4-5-6-7-8-9-10-11-12-13-14-15-16-17-18(19)20;;/h2*9-10H,2-8,11-17H2,1H3,(H,19,20);;/b2*10-9-;;. The Morgan fingerprint density at radius 3 is 0.857 bits per heavy atom. The van der Waals surface area contributed by atoms with Crippen LogP contribution in [0.1, 0.15) is 194 Å². The number of carboxylic acid groups (broad SMARTS) is 2. The number of unbranched alkanes of at least 4 members (excludes halogenated alkanes) is 22. The van der Waals surface area contributed by atoms with Crippen molar-refractivity contribution in [2.24, 2.45) is 0 Å². The molecule has 4 nitrogen and oxygen atoms in total. The van der Waals surface area contributed by atoms with Gasteiger partial charge in [-0.15, -0.1) is 0 Å². The molecule has 0 aromatic rings. The smallest absolute Gasteiger partial charge is 0.303 e. The maximum atomic E-state index is 10.3. The van der Waals surface area contributed by atoms with Gasteiger partial charge in [-0.25, -0.2) is 0 Å². The van der Waals surface area contributed by atoms with Crippen molar-refractivity contribution in [1.82, 2.24) is 0 Å². The Morgan fingerprint density at radius 1 is 0.405 bits per heavy atom. The van der Waals surface area contributed by atoms with Crippen LogP contribution in [0.3, 0.4) is 0 Å². The van der Waals surface area contributed by atoms with E-state index in [9.17, 15) is 9.59 Å². The second kappa shape index (κ2) is 44.9. The third-order valence-corrected chi connectivity index (χ3v) is 7.30. The number of hydrogen-bond donors (Lipinski definition) is 2. The van der Waals surface area contributed by atoms with Crippen LogP contribution in [0.4, 0.5) is 0 Å². The summed E-state index contributed by atoms with van der Waals surface area (Å²) in [7, 11) is 0. The molecule has 2 N–H and O–H groups in total. The second-order valence-corrected chi connectivity index (χ2v) is 11.5. The molecule has 0 aliphatic heterocycles. The largest absolute Gasteiger partial charge is 0.481 e. The van der Waals surface area contributed by atoms with Gasteiger partial charge >= 0.3 is 11.9 Å². The Bertz CT molecular complexity index is 531. The van der Waals surface area contributed by atoms with E-state index in [1.807, 2.05) is 0 Å². The summed E-state index contributed by atoms with van der Waals surface area (Å²) in [4.78, 5) is 20.6. The van der Waals surface area contributed by atoms with Gasteiger partial charge < -0.3 is 10.2 Å². The Labute approximate surface area is 282 Å². The van der Waals surface area contributed by atoms with E-state index < -0.39 is 11.9 Å². The first-order valence-corrected chi connectivity index (χ1v) is 17.3. The third kappa shape index (κ3) is 52.1. The van der Waals surface area contributed by atoms with Crippen LogP contribution < -0.4 is 0 Å². The molecule has 0 aromatic heterocycles. The summed E-state index contributed by atoms with van der Waals surface area (Å²) in [6, 6.07) is 0. The van der Waals surface area contributed by atoms with E-state index >= 15 is 0 Å². The average molecular weight is 684 g/mol. The monoisotopic (exact) mass is 683 g/mol. The second-order valence-electron chi connectivity index (χ2n) is 11.5. The van der Waals surface area contributed by atoms with Gasteiger partial charge in [0.15, 0.2) is 0 Å². The third-order valence-electron chi connectivity index (χ3n) is 7.30. The van der Waals surface area contributed by atoms with E-state index in [1.165, 1.54) is 141 Å². The maximum Gasteiger partial charge on any atom is 0.303 e. The molecule has 0 aliphatic rings. The molecular weight excluding hydrogens is 616 g/mol. The number of hydrogen-bond acceptors (Lipinski definition) is 2. The first kappa shape index (κ1) is 48.4. The molecule has 0 unspecified atom stereocenters. The SMILES string of the molecule is CCCCCCCC/C=C\CCCCCCCC(=O)O.CCCCCCCC/C=C\CCCCCCCC(=O)O.[Cu].[Fe]. The molecule has 1 radical (unpaired) electrons. The van der Waals surface area contributed by atoms with Crippen LogP contribution in [0.15, 0.2) is 24.3 Å². The molecule has 6 heteroatoms. The summed E-state index contributed by atoms with van der Waals surface area (Å²) in [6.45, 7) is 4.52. The van der Waals surface area contributed by atoms with Crippen molar-refractivity contribution in [3.05, 3.63) is 24.3 Å². The summed E-state index contributed by atoms with van der Waals surface area (Å²) in [5.41, 5.74) is 0. The molecule has 0 heterocycles. The van der Waals surface area contributed by atoms with Crippen LogP contribution in [0.25, 0.3) is 0 Å². The Kier molecular flexibility index (Phi) is 51.7. The van der Waals surface area contributed by atoms with Crippen LogP contribution in [0, 0.1) is 0 Å². The Morgan fingerprint density at radius 2 is 0.619 bits per heavy atom. The van der Waals surface area contributed by atoms with Gasteiger partial charge in [0, 0.05) is 47.0 Å². The molecule has 255 valence electrons. The summed E-state index contributed by atoms with van der Waals surface area (Å²) in [5, 5.41) is 17.0. The topological polar surface area (TPSA) is 74.6 Å². The van der Waals surface area contributed by atoms with Crippen molar-refractivity contribution < 1.29 is 53.9 Å². The van der Waals surface area contributed by atoms with Crippen molar-refractivity contribution in [3.8, 4) is 0 Å². The number of carbonyl (C=O) groups is 2.